The summed E-state index contributed by atoms with van der Waals surface area (Å²) >= 11 is 0. The largest absolute Gasteiger partial charge is 0.356 e. The van der Waals surface area contributed by atoms with Crippen molar-refractivity contribution in [3.05, 3.63) is 71.8 Å². The first kappa shape index (κ1) is 19.3. The van der Waals surface area contributed by atoms with E-state index in [9.17, 15) is 0 Å². The van der Waals surface area contributed by atoms with Gasteiger partial charge in [-0.15, -0.1) is 0 Å². The van der Waals surface area contributed by atoms with E-state index in [1.54, 1.807) is 0 Å². The van der Waals surface area contributed by atoms with Gasteiger partial charge in [-0.2, -0.15) is 0 Å². The number of hydrogen-bond donors (Lipinski definition) is 0. The Labute approximate surface area is 161 Å². The molecule has 27 heavy (non-hydrogen) atoms. The molecule has 0 bridgehead atoms. The van der Waals surface area contributed by atoms with Crippen molar-refractivity contribution in [1.82, 2.24) is 5.32 Å². The van der Waals surface area contributed by atoms with Gasteiger partial charge < -0.3 is 9.47 Å². The van der Waals surface area contributed by atoms with E-state index in [2.05, 4.69) is 24.3 Å². The van der Waals surface area contributed by atoms with Gasteiger partial charge in [0.05, 0.1) is 11.4 Å². The Morgan fingerprint density at radius 3 is 2.07 bits per heavy atom. The van der Waals surface area contributed by atoms with Gasteiger partial charge in [0.2, 0.25) is 0 Å². The van der Waals surface area contributed by atoms with E-state index < -0.39 is 0 Å². The third-order valence-electron chi connectivity index (χ3n) is 4.36. The first-order valence-electron chi connectivity index (χ1n) is 9.68. The molecule has 0 aromatic heterocycles. The number of nitrogens with zero attached hydrogens (tertiary/aromatic N) is 2. The van der Waals surface area contributed by atoms with Crippen molar-refractivity contribution in [3.8, 4) is 0 Å². The van der Waals surface area contributed by atoms with Crippen molar-refractivity contribution < 1.29 is 9.47 Å². The predicted molar refractivity (Wildman–Crippen MR) is 110 cm³/mol. The van der Waals surface area contributed by atoms with Gasteiger partial charge in [-0.05, 0) is 19.8 Å². The zero-order valence-corrected chi connectivity index (χ0v) is 15.9. The molecule has 0 atom stereocenters. The van der Waals surface area contributed by atoms with Crippen LogP contribution in [0.1, 0.15) is 43.7 Å². The highest BCUT2D eigenvalue weighted by Crippen LogP contribution is 2.31. The quantitative estimate of drug-likeness (QED) is 0.412. The molecule has 0 amide bonds. The normalized spacial score (nSPS) is 13.6. The van der Waals surface area contributed by atoms with Gasteiger partial charge in [0.25, 0.3) is 0 Å². The Hall–Kier alpha value is -2.43. The van der Waals surface area contributed by atoms with Crippen molar-refractivity contribution in [3.63, 3.8) is 0 Å². The fourth-order valence-corrected chi connectivity index (χ4v) is 2.96. The fraction of sp³-hybridized carbons (Fsp3) is 0.348. The minimum atomic E-state index is 0.392. The highest BCUT2D eigenvalue weighted by molar-refractivity contribution is 6.07. The van der Waals surface area contributed by atoms with Crippen LogP contribution < -0.4 is 5.32 Å². The second kappa shape index (κ2) is 10.7. The first-order valence-corrected chi connectivity index (χ1v) is 9.68. The van der Waals surface area contributed by atoms with E-state index in [0.29, 0.717) is 13.4 Å². The highest BCUT2D eigenvalue weighted by Gasteiger charge is 2.21. The molecule has 0 unspecified atom stereocenters. The lowest BCUT2D eigenvalue weighted by molar-refractivity contribution is -0.0501. The van der Waals surface area contributed by atoms with E-state index in [-0.39, 0.29) is 0 Å². The van der Waals surface area contributed by atoms with Crippen LogP contribution in [0.3, 0.4) is 0 Å². The van der Waals surface area contributed by atoms with Crippen LogP contribution in [0.15, 0.2) is 65.7 Å². The lowest BCUT2D eigenvalue weighted by Gasteiger charge is -2.06. The lowest BCUT2D eigenvalue weighted by atomic mass is 10.1. The number of rotatable bonds is 11. The fourth-order valence-electron chi connectivity index (χ4n) is 2.96. The Balaban J connectivity index is 1.56. The van der Waals surface area contributed by atoms with Crippen LogP contribution in [-0.4, -0.2) is 25.8 Å². The zero-order valence-electron chi connectivity index (χ0n) is 15.9. The summed E-state index contributed by atoms with van der Waals surface area (Å²) in [6.45, 7) is 3.80. The minimum absolute atomic E-state index is 0.392. The maximum absolute atomic E-state index is 5.41. The molecular weight excluding hydrogens is 336 g/mol. The average Bonchev–Trinajstić information content (AvgIpc) is 3.15. The molecule has 3 rings (SSSR count). The summed E-state index contributed by atoms with van der Waals surface area (Å²) in [6.07, 6.45) is 4.08. The monoisotopic (exact) mass is 363 g/mol. The van der Waals surface area contributed by atoms with Crippen molar-refractivity contribution in [1.29, 1.82) is 0 Å². The number of benzene rings is 2. The van der Waals surface area contributed by atoms with E-state index in [0.717, 1.165) is 60.6 Å². The van der Waals surface area contributed by atoms with E-state index in [1.807, 2.05) is 43.3 Å². The third-order valence-corrected chi connectivity index (χ3v) is 4.36. The first-order chi connectivity index (χ1) is 13.4. The smallest absolute Gasteiger partial charge is 0.146 e. The lowest BCUT2D eigenvalue weighted by Crippen LogP contribution is -2.10. The predicted octanol–water partition coefficient (Wildman–Crippen LogP) is 5.10. The zero-order chi connectivity index (χ0) is 18.7. The van der Waals surface area contributed by atoms with Crippen LogP contribution in [0.4, 0.5) is 0 Å². The van der Waals surface area contributed by atoms with Gasteiger partial charge in [0.15, 0.2) is 0 Å². The van der Waals surface area contributed by atoms with Gasteiger partial charge in [0, 0.05) is 30.8 Å². The molecule has 1 aliphatic rings. The second-order valence-electron chi connectivity index (χ2n) is 6.40. The summed E-state index contributed by atoms with van der Waals surface area (Å²) in [4.78, 5) is 4.85. The second-order valence-corrected chi connectivity index (χ2v) is 6.40. The van der Waals surface area contributed by atoms with Crippen LogP contribution in [0.2, 0.25) is 0 Å². The van der Waals surface area contributed by atoms with Crippen molar-refractivity contribution in [2.75, 3.05) is 20.0 Å². The topological polar surface area (TPSA) is 44.9 Å². The van der Waals surface area contributed by atoms with Crippen molar-refractivity contribution in [2.24, 2.45) is 4.99 Å². The van der Waals surface area contributed by atoms with Crippen LogP contribution in [0, 0.1) is 0 Å². The molecule has 1 aliphatic heterocycles. The molecular formula is C23H27N2O2. The molecule has 141 valence electrons. The summed E-state index contributed by atoms with van der Waals surface area (Å²) in [5, 5.41) is 4.85. The molecule has 4 nitrogen and oxygen atoms in total. The number of unbranched alkanes of at least 4 members (excludes halogenated alkanes) is 2. The van der Waals surface area contributed by atoms with Crippen LogP contribution in [0.25, 0.3) is 11.4 Å². The van der Waals surface area contributed by atoms with Gasteiger partial charge in [-0.3, -0.25) is 0 Å². The molecule has 2 aromatic carbocycles. The molecule has 0 saturated carbocycles. The Morgan fingerprint density at radius 2 is 1.41 bits per heavy atom. The summed E-state index contributed by atoms with van der Waals surface area (Å²) in [5.74, 6) is 0.919. The number of amidine groups is 1. The Kier molecular flexibility index (Phi) is 7.63. The standard InChI is InChI=1S/C23H27N2O2/c1-2-26-18-27-17-11-5-10-16-21-24-22(19-12-6-3-7-13-19)23(25-21)20-14-8-4-9-15-20/h3-4,6-9,12-15H,2,5,10-11,16-18H2,1H3. The van der Waals surface area contributed by atoms with Crippen molar-refractivity contribution >= 4 is 17.2 Å². The number of ether oxygens (including phenoxy) is 2. The SMILES string of the molecule is CCOCOCCCCCC1=NC(c2ccccc2)=C(c2ccccc2)[N]1. The van der Waals surface area contributed by atoms with Crippen LogP contribution in [0.5, 0.6) is 0 Å². The highest BCUT2D eigenvalue weighted by atomic mass is 16.7. The van der Waals surface area contributed by atoms with E-state index >= 15 is 0 Å². The maximum Gasteiger partial charge on any atom is 0.146 e. The molecule has 0 saturated heterocycles. The molecule has 1 heterocycles. The minimum Gasteiger partial charge on any atom is -0.356 e. The number of aliphatic imine (C=N–C) groups is 1. The van der Waals surface area contributed by atoms with Gasteiger partial charge >= 0.3 is 0 Å². The van der Waals surface area contributed by atoms with Gasteiger partial charge in [0.1, 0.15) is 12.6 Å². The molecule has 0 N–H and O–H groups in total. The Bertz CT molecular complexity index is 754. The molecule has 0 spiro atoms. The summed E-state index contributed by atoms with van der Waals surface area (Å²) < 4.78 is 10.6. The number of hydrogen-bond acceptors (Lipinski definition) is 3. The molecule has 4 heteroatoms. The molecule has 0 fully saturated rings. The maximum atomic E-state index is 5.41. The summed E-state index contributed by atoms with van der Waals surface area (Å²) in [5.41, 5.74) is 4.16. The molecule has 2 aromatic rings. The average molecular weight is 363 g/mol. The van der Waals surface area contributed by atoms with Crippen molar-refractivity contribution in [2.45, 2.75) is 32.6 Å². The third kappa shape index (κ3) is 5.78. The molecule has 1 radical (unpaired) electrons. The van der Waals surface area contributed by atoms with Crippen LogP contribution in [-0.2, 0) is 9.47 Å². The van der Waals surface area contributed by atoms with E-state index in [4.69, 9.17) is 19.8 Å². The van der Waals surface area contributed by atoms with Gasteiger partial charge in [-0.1, -0.05) is 67.1 Å². The Morgan fingerprint density at radius 1 is 0.741 bits per heavy atom. The van der Waals surface area contributed by atoms with E-state index in [1.165, 1.54) is 0 Å². The summed E-state index contributed by atoms with van der Waals surface area (Å²) in [6, 6.07) is 20.6. The molecule has 0 aliphatic carbocycles. The summed E-state index contributed by atoms with van der Waals surface area (Å²) in [7, 11) is 0. The van der Waals surface area contributed by atoms with Gasteiger partial charge in [-0.25, -0.2) is 10.3 Å². The van der Waals surface area contributed by atoms with Crippen LogP contribution >= 0.6 is 0 Å².